The lowest BCUT2D eigenvalue weighted by atomic mass is 9.82. The van der Waals surface area contributed by atoms with E-state index in [0.717, 1.165) is 24.1 Å². The number of anilines is 5. The number of carbonyl (C=O) groups is 3. The van der Waals surface area contributed by atoms with Crippen LogP contribution in [0.2, 0.25) is 18.6 Å². The molecule has 4 aromatic rings. The summed E-state index contributed by atoms with van der Waals surface area (Å²) in [5.41, 5.74) is 2.59. The summed E-state index contributed by atoms with van der Waals surface area (Å²) in [6.45, 7) is 5.13. The van der Waals surface area contributed by atoms with Crippen LogP contribution in [-0.2, 0) is 31.3 Å². The number of amides is 3. The molecule has 4 aromatic carbocycles. The van der Waals surface area contributed by atoms with Crippen LogP contribution in [0.4, 0.5) is 32.5 Å². The molecule has 2 aliphatic rings. The molecule has 0 bridgehead atoms. The van der Waals surface area contributed by atoms with Crippen molar-refractivity contribution in [2.75, 3.05) is 21.3 Å². The Morgan fingerprint density at radius 1 is 0.851 bits per heavy atom. The van der Waals surface area contributed by atoms with Crippen molar-refractivity contribution in [1.82, 2.24) is 0 Å². The minimum Gasteiger partial charge on any atom is -0.396 e. The number of para-hydroxylation sites is 2. The maximum absolute atomic E-state index is 16.0. The third-order valence-electron chi connectivity index (χ3n) is 9.47. The second-order valence-corrected chi connectivity index (χ2v) is 16.5. The molecule has 0 radical (unpaired) electrons. The van der Waals surface area contributed by atoms with Gasteiger partial charge in [0.2, 0.25) is 21.2 Å². The van der Waals surface area contributed by atoms with Crippen molar-refractivity contribution in [2.24, 2.45) is 5.92 Å². The Labute approximate surface area is 275 Å². The molecule has 0 saturated carbocycles. The molecular weight excluding hydrogens is 614 g/mol. The summed E-state index contributed by atoms with van der Waals surface area (Å²) in [6.07, 6.45) is 1.05. The van der Waals surface area contributed by atoms with Crippen LogP contribution in [0.15, 0.2) is 103 Å². The normalized spacial score (nSPS) is 21.9. The van der Waals surface area contributed by atoms with E-state index in [2.05, 4.69) is 0 Å². The number of halogens is 1. The number of aliphatic hydroxyl groups is 1. The number of rotatable bonds is 11. The van der Waals surface area contributed by atoms with Crippen LogP contribution in [0.3, 0.4) is 0 Å². The van der Waals surface area contributed by atoms with Crippen molar-refractivity contribution in [3.05, 3.63) is 114 Å². The molecule has 6 rings (SSSR count). The van der Waals surface area contributed by atoms with E-state index >= 15 is 4.11 Å². The lowest BCUT2D eigenvalue weighted by molar-refractivity contribution is -0.146. The molecule has 3 amide bonds. The van der Waals surface area contributed by atoms with E-state index in [4.69, 9.17) is 4.74 Å². The fourth-order valence-electron chi connectivity index (χ4n) is 7.40. The molecule has 47 heavy (non-hydrogen) atoms. The minimum atomic E-state index is -3.38. The number of nitrogens with zero attached hydrogens (tertiary/aromatic N) is 3. The highest BCUT2D eigenvalue weighted by atomic mass is 28.4. The van der Waals surface area contributed by atoms with E-state index < -0.39 is 31.6 Å². The topological polar surface area (TPSA) is 90.4 Å². The maximum atomic E-state index is 16.0. The fraction of sp³-hybridized carbons (Fsp3) is 0.270. The van der Waals surface area contributed by atoms with E-state index in [-0.39, 0.29) is 25.5 Å². The van der Waals surface area contributed by atoms with Crippen LogP contribution in [0.25, 0.3) is 0 Å². The predicted octanol–water partition coefficient (Wildman–Crippen LogP) is 6.98. The molecule has 0 aliphatic carbocycles. The monoisotopic (exact) mass is 651 g/mol. The number of hydrogen-bond donors (Lipinski definition) is 1. The highest BCUT2D eigenvalue weighted by Gasteiger charge is 2.66. The molecule has 0 aromatic heterocycles. The van der Waals surface area contributed by atoms with Gasteiger partial charge >= 0.3 is 0 Å². The van der Waals surface area contributed by atoms with E-state index in [1.165, 1.54) is 4.90 Å². The Morgan fingerprint density at radius 2 is 1.38 bits per heavy atom. The minimum absolute atomic E-state index is 0.195. The molecular formula is C37H38FN3O5Si. The van der Waals surface area contributed by atoms with Crippen molar-refractivity contribution in [3.8, 4) is 0 Å². The van der Waals surface area contributed by atoms with Gasteiger partial charge in [-0.25, -0.2) is 0 Å². The highest BCUT2D eigenvalue weighted by molar-refractivity contribution is 6.72. The largest absolute Gasteiger partial charge is 0.396 e. The second-order valence-electron chi connectivity index (χ2n) is 12.7. The molecule has 242 valence electrons. The van der Waals surface area contributed by atoms with Crippen molar-refractivity contribution < 1.29 is 28.3 Å². The number of ether oxygens (including phenoxy) is 1. The smallest absolute Gasteiger partial charge is 0.264 e. The van der Waals surface area contributed by atoms with Crippen LogP contribution in [0.5, 0.6) is 0 Å². The van der Waals surface area contributed by atoms with Crippen LogP contribution in [-0.4, -0.2) is 45.0 Å². The molecule has 10 heteroatoms. The Balaban J connectivity index is 1.42. The molecule has 0 unspecified atom stereocenters. The first kappa shape index (κ1) is 32.3. The van der Waals surface area contributed by atoms with Gasteiger partial charge in [-0.05, 0) is 79.7 Å². The van der Waals surface area contributed by atoms with Gasteiger partial charge in [-0.3, -0.25) is 24.2 Å². The van der Waals surface area contributed by atoms with Gasteiger partial charge in [0, 0.05) is 46.4 Å². The quantitative estimate of drug-likeness (QED) is 0.107. The summed E-state index contributed by atoms with van der Waals surface area (Å²) in [7, 11) is -3.38. The molecule has 1 spiro atoms. The number of fused-ring (bicyclic) bond motifs is 2. The first-order valence-electron chi connectivity index (χ1n) is 15.8. The molecule has 1 fully saturated rings. The average molecular weight is 652 g/mol. The molecule has 2 aliphatic heterocycles. The summed E-state index contributed by atoms with van der Waals surface area (Å²) in [6, 6.07) is 31.3. The molecule has 4 atom stereocenters. The highest BCUT2D eigenvalue weighted by Crippen LogP contribution is 2.60. The Kier molecular flexibility index (Phi) is 8.84. The second kappa shape index (κ2) is 12.9. The number of carbonyl (C=O) groups excluding carboxylic acids is 3. The van der Waals surface area contributed by atoms with Crippen molar-refractivity contribution in [3.63, 3.8) is 0 Å². The number of benzene rings is 4. The maximum Gasteiger partial charge on any atom is 0.264 e. The van der Waals surface area contributed by atoms with Crippen LogP contribution in [0, 0.1) is 5.92 Å². The van der Waals surface area contributed by atoms with E-state index in [1.807, 2.05) is 97.9 Å². The van der Waals surface area contributed by atoms with Gasteiger partial charge in [0.05, 0.1) is 18.3 Å². The van der Waals surface area contributed by atoms with Gasteiger partial charge in [-0.15, -0.1) is 0 Å². The van der Waals surface area contributed by atoms with Crippen molar-refractivity contribution >= 4 is 55.6 Å². The SMILES string of the molecule is C[C@H]1[C@H]([Si](C)(C)F)[C@@H](CCO)O[C@]12C(=O)N(Cc1ccc(N(C=O)c3ccccc3)cc1)c1ccc(N(C=O)c3ccccc3)cc12. The van der Waals surface area contributed by atoms with E-state index in [1.54, 1.807) is 35.0 Å². The standard InChI is InChI=1S/C37H38FN3O5Si/c1-26-35(47(2,3)38)34(20-21-42)46-37(26)32-22-31(41(25-44)29-12-8-5-9-13-29)18-19-33(32)39(36(37)45)23-27-14-16-30(17-15-27)40(24-43)28-10-6-4-7-11-28/h4-19,22,24-26,34-35,42H,20-21,23H2,1-3H3/t26-,34+,35-,37+/m0/s1. The average Bonchev–Trinajstić information content (AvgIpc) is 3.50. The number of hydrogen-bond acceptors (Lipinski definition) is 5. The molecule has 8 nitrogen and oxygen atoms in total. The summed E-state index contributed by atoms with van der Waals surface area (Å²) in [5, 5.41) is 9.91. The van der Waals surface area contributed by atoms with E-state index in [0.29, 0.717) is 28.3 Å². The van der Waals surface area contributed by atoms with Gasteiger partial charge in [-0.1, -0.05) is 55.5 Å². The van der Waals surface area contributed by atoms with Crippen molar-refractivity contribution in [1.29, 1.82) is 0 Å². The predicted molar refractivity (Wildman–Crippen MR) is 183 cm³/mol. The fourth-order valence-corrected chi connectivity index (χ4v) is 9.95. The first-order valence-corrected chi connectivity index (χ1v) is 18.7. The Bertz CT molecular complexity index is 1750. The Hall–Kier alpha value is -4.64. The first-order chi connectivity index (χ1) is 22.6. The third kappa shape index (κ3) is 5.66. The van der Waals surface area contributed by atoms with Crippen LogP contribution >= 0.6 is 0 Å². The van der Waals surface area contributed by atoms with Gasteiger partial charge in [0.1, 0.15) is 0 Å². The molecule has 2 heterocycles. The third-order valence-corrected chi connectivity index (χ3v) is 11.9. The van der Waals surface area contributed by atoms with Crippen molar-refractivity contribution in [2.45, 2.75) is 50.2 Å². The summed E-state index contributed by atoms with van der Waals surface area (Å²) in [4.78, 5) is 43.8. The lowest BCUT2D eigenvalue weighted by Gasteiger charge is -2.31. The zero-order valence-electron chi connectivity index (χ0n) is 26.6. The van der Waals surface area contributed by atoms with E-state index in [9.17, 15) is 19.5 Å². The van der Waals surface area contributed by atoms with Crippen LogP contribution in [0.1, 0.15) is 24.5 Å². The van der Waals surface area contributed by atoms with Crippen LogP contribution < -0.4 is 14.7 Å². The summed E-state index contributed by atoms with van der Waals surface area (Å²) >= 11 is 0. The molecule has 1 saturated heterocycles. The van der Waals surface area contributed by atoms with Gasteiger partial charge < -0.3 is 18.9 Å². The summed E-state index contributed by atoms with van der Waals surface area (Å²) < 4.78 is 22.7. The number of aliphatic hydroxyl groups excluding tert-OH is 1. The molecule has 1 N–H and O–H groups in total. The zero-order valence-corrected chi connectivity index (χ0v) is 27.6. The van der Waals surface area contributed by atoms with Gasteiger partial charge in [0.25, 0.3) is 5.91 Å². The Morgan fingerprint density at radius 3 is 1.91 bits per heavy atom. The van der Waals surface area contributed by atoms with Gasteiger partial charge in [-0.2, -0.15) is 0 Å². The van der Waals surface area contributed by atoms with Gasteiger partial charge in [0.15, 0.2) is 5.60 Å². The summed E-state index contributed by atoms with van der Waals surface area (Å²) in [5.74, 6) is -0.839. The lowest BCUT2D eigenvalue weighted by Crippen LogP contribution is -2.45. The zero-order chi connectivity index (χ0) is 33.3.